The number of nitrogens with zero attached hydrogens (tertiary/aromatic N) is 2. The van der Waals surface area contributed by atoms with Gasteiger partial charge < -0.3 is 14.4 Å². The Morgan fingerprint density at radius 3 is 2.33 bits per heavy atom. The minimum absolute atomic E-state index is 0.0730. The van der Waals surface area contributed by atoms with E-state index in [1.807, 2.05) is 30.5 Å². The number of carboxylic acids is 1. The van der Waals surface area contributed by atoms with Crippen molar-refractivity contribution in [1.29, 1.82) is 0 Å². The first-order chi connectivity index (χ1) is 17.3. The number of aromatic nitrogens is 2. The smallest absolute Gasteiger partial charge is 0.305 e. The first-order valence-electron chi connectivity index (χ1n) is 12.5. The van der Waals surface area contributed by atoms with Crippen molar-refractivity contribution in [2.45, 2.75) is 65.8 Å². The zero-order valence-electron chi connectivity index (χ0n) is 21.1. The van der Waals surface area contributed by atoms with Gasteiger partial charge in [0.1, 0.15) is 5.65 Å². The van der Waals surface area contributed by atoms with Crippen molar-refractivity contribution in [3.8, 4) is 0 Å². The number of aliphatic carboxylic acids is 1. The summed E-state index contributed by atoms with van der Waals surface area (Å²) < 4.78 is 9.24. The molecule has 0 atom stereocenters. The standard InChI is InChI=1S/C29H32N2O5/c1-4-36-27(35)10-6-8-23-22(7-5-9-26(33)34)24-16-13-20(3)29-30(25(18-32)28(23)31(24)29)17-21-14-11-19(2)12-15-21/h11-16H,4-10,17H2,1-3H3,(H,33,34). The van der Waals surface area contributed by atoms with Gasteiger partial charge >= 0.3 is 11.9 Å². The van der Waals surface area contributed by atoms with Crippen molar-refractivity contribution < 1.29 is 24.2 Å². The van der Waals surface area contributed by atoms with Gasteiger partial charge in [-0.3, -0.25) is 14.0 Å². The molecule has 7 nitrogen and oxygen atoms in total. The maximum atomic E-state index is 12.4. The van der Waals surface area contributed by atoms with E-state index in [1.165, 1.54) is 5.56 Å². The van der Waals surface area contributed by atoms with E-state index in [4.69, 9.17) is 4.74 Å². The second kappa shape index (κ2) is 10.8. The van der Waals surface area contributed by atoms with Gasteiger partial charge in [0.05, 0.1) is 24.2 Å². The van der Waals surface area contributed by atoms with Gasteiger partial charge in [0.15, 0.2) is 11.3 Å². The third kappa shape index (κ3) is 4.93. The van der Waals surface area contributed by atoms with Crippen LogP contribution in [-0.2, 0) is 38.5 Å². The van der Waals surface area contributed by atoms with Crippen LogP contribution in [0.15, 0.2) is 36.4 Å². The number of hydrogen-bond acceptors (Lipinski definition) is 4. The topological polar surface area (TPSA) is 90.0 Å². The SMILES string of the molecule is CCOC(=O)CCCc1c(CCCC(=O)O)c2ccc(C)c3n(Cc4ccc(C)cc4)c(=C=O)c1n23. The van der Waals surface area contributed by atoms with Gasteiger partial charge in [-0.25, -0.2) is 4.79 Å². The largest absolute Gasteiger partial charge is 0.481 e. The molecule has 0 aliphatic carbocycles. The Labute approximate surface area is 210 Å². The van der Waals surface area contributed by atoms with Gasteiger partial charge in [-0.15, -0.1) is 0 Å². The van der Waals surface area contributed by atoms with Crippen LogP contribution in [0.4, 0.5) is 0 Å². The monoisotopic (exact) mass is 488 g/mol. The molecule has 0 bridgehead atoms. The molecule has 0 amide bonds. The van der Waals surface area contributed by atoms with Crippen LogP contribution in [0.3, 0.4) is 0 Å². The van der Waals surface area contributed by atoms with E-state index in [9.17, 15) is 19.5 Å². The fraction of sp³-hybridized carbons (Fsp3) is 0.379. The molecule has 0 saturated carbocycles. The average molecular weight is 489 g/mol. The first-order valence-corrected chi connectivity index (χ1v) is 12.5. The first kappa shape index (κ1) is 25.3. The molecular weight excluding hydrogens is 456 g/mol. The Balaban J connectivity index is 1.87. The number of hydrogen-bond donors (Lipinski definition) is 1. The summed E-state index contributed by atoms with van der Waals surface area (Å²) in [4.78, 5) is 35.6. The molecule has 188 valence electrons. The summed E-state index contributed by atoms with van der Waals surface area (Å²) in [5, 5.41) is 9.65. The zero-order valence-corrected chi connectivity index (χ0v) is 21.1. The van der Waals surface area contributed by atoms with Gasteiger partial charge in [-0.2, -0.15) is 0 Å². The summed E-state index contributed by atoms with van der Waals surface area (Å²) in [5.74, 6) is 1.14. The highest BCUT2D eigenvalue weighted by Gasteiger charge is 2.23. The normalized spacial score (nSPS) is 11.3. The Morgan fingerprint density at radius 1 is 0.972 bits per heavy atom. The maximum absolute atomic E-state index is 12.4. The van der Waals surface area contributed by atoms with Gasteiger partial charge in [-0.05, 0) is 74.8 Å². The number of benzene rings is 1. The van der Waals surface area contributed by atoms with E-state index >= 15 is 0 Å². The molecule has 0 spiro atoms. The predicted octanol–water partition coefficient (Wildman–Crippen LogP) is 4.07. The molecule has 7 heteroatoms. The highest BCUT2D eigenvalue weighted by atomic mass is 16.5. The number of carbonyl (C=O) groups is 2. The summed E-state index contributed by atoms with van der Waals surface area (Å²) in [6.45, 7) is 6.73. The molecule has 4 aromatic rings. The molecular formula is C29H32N2O5. The van der Waals surface area contributed by atoms with Crippen LogP contribution in [0, 0.1) is 13.8 Å². The second-order valence-electron chi connectivity index (χ2n) is 9.29. The Morgan fingerprint density at radius 2 is 1.67 bits per heavy atom. The molecule has 0 fully saturated rings. The second-order valence-corrected chi connectivity index (χ2v) is 9.29. The number of carbonyl (C=O) groups excluding carboxylic acids is 2. The van der Waals surface area contributed by atoms with E-state index < -0.39 is 5.97 Å². The van der Waals surface area contributed by atoms with Crippen molar-refractivity contribution in [1.82, 2.24) is 8.97 Å². The molecule has 0 unspecified atom stereocenters. The number of esters is 1. The predicted molar refractivity (Wildman–Crippen MR) is 138 cm³/mol. The average Bonchev–Trinajstić information content (AvgIpc) is 3.32. The van der Waals surface area contributed by atoms with Crippen molar-refractivity contribution >= 4 is 34.6 Å². The summed E-state index contributed by atoms with van der Waals surface area (Å²) in [6, 6.07) is 12.4. The van der Waals surface area contributed by atoms with Crippen molar-refractivity contribution in [2.75, 3.05) is 6.61 Å². The molecule has 36 heavy (non-hydrogen) atoms. The van der Waals surface area contributed by atoms with Gasteiger partial charge in [0.25, 0.3) is 0 Å². The molecule has 3 aromatic heterocycles. The van der Waals surface area contributed by atoms with Gasteiger partial charge in [0.2, 0.25) is 0 Å². The summed E-state index contributed by atoms with van der Waals surface area (Å²) in [6.07, 6.45) is 2.59. The lowest BCUT2D eigenvalue weighted by Crippen LogP contribution is -2.20. The lowest BCUT2D eigenvalue weighted by atomic mass is 9.99. The molecule has 0 aliphatic heterocycles. The zero-order chi connectivity index (χ0) is 25.8. The highest BCUT2D eigenvalue weighted by molar-refractivity contribution is 5.84. The Bertz CT molecular complexity index is 1490. The molecule has 3 heterocycles. The lowest BCUT2D eigenvalue weighted by Gasteiger charge is -2.11. The fourth-order valence-corrected chi connectivity index (χ4v) is 5.09. The fourth-order valence-electron chi connectivity index (χ4n) is 5.09. The van der Waals surface area contributed by atoms with Crippen LogP contribution in [0.5, 0.6) is 0 Å². The van der Waals surface area contributed by atoms with Gasteiger partial charge in [-0.1, -0.05) is 35.9 Å². The van der Waals surface area contributed by atoms with Crippen molar-refractivity contribution in [2.24, 2.45) is 0 Å². The number of ether oxygens (including phenoxy) is 1. The quantitative estimate of drug-likeness (QED) is 0.322. The van der Waals surface area contributed by atoms with E-state index in [0.29, 0.717) is 44.2 Å². The number of rotatable bonds is 11. The van der Waals surface area contributed by atoms with E-state index in [0.717, 1.165) is 38.9 Å². The van der Waals surface area contributed by atoms with Crippen molar-refractivity contribution in [3.63, 3.8) is 0 Å². The van der Waals surface area contributed by atoms with Crippen LogP contribution in [0.1, 0.15) is 60.4 Å². The molecule has 4 rings (SSSR count). The number of pyridine rings is 1. The van der Waals surface area contributed by atoms with Crippen LogP contribution in [0.25, 0.3) is 16.7 Å². The lowest BCUT2D eigenvalue weighted by molar-refractivity contribution is -0.143. The molecule has 0 radical (unpaired) electrons. The molecule has 1 N–H and O–H groups in total. The van der Waals surface area contributed by atoms with E-state index in [2.05, 4.69) is 34.6 Å². The van der Waals surface area contributed by atoms with E-state index in [-0.39, 0.29) is 18.8 Å². The minimum Gasteiger partial charge on any atom is -0.481 e. The number of imidazole rings is 1. The summed E-state index contributed by atoms with van der Waals surface area (Å²) in [5.41, 5.74) is 8.03. The third-order valence-corrected chi connectivity index (χ3v) is 6.72. The molecule has 0 saturated heterocycles. The highest BCUT2D eigenvalue weighted by Crippen LogP contribution is 2.31. The minimum atomic E-state index is -0.830. The van der Waals surface area contributed by atoms with Gasteiger partial charge in [0, 0.05) is 12.8 Å². The van der Waals surface area contributed by atoms with Crippen molar-refractivity contribution in [3.05, 3.63) is 69.6 Å². The number of aryl methyl sites for hydroxylation is 4. The Kier molecular flexibility index (Phi) is 7.61. The van der Waals surface area contributed by atoms with E-state index in [1.54, 1.807) is 6.92 Å². The van der Waals surface area contributed by atoms with Crippen LogP contribution >= 0.6 is 0 Å². The van der Waals surface area contributed by atoms with Crippen LogP contribution < -0.4 is 5.35 Å². The molecule has 0 aliphatic rings. The Hall–Kier alpha value is -3.83. The molecule has 1 aromatic carbocycles. The summed E-state index contributed by atoms with van der Waals surface area (Å²) in [7, 11) is 0. The maximum Gasteiger partial charge on any atom is 0.305 e. The van der Waals surface area contributed by atoms with Crippen LogP contribution in [-0.4, -0.2) is 38.6 Å². The summed E-state index contributed by atoms with van der Waals surface area (Å²) >= 11 is 0. The van der Waals surface area contributed by atoms with Crippen LogP contribution in [0.2, 0.25) is 0 Å². The third-order valence-electron chi connectivity index (χ3n) is 6.72. The number of carboxylic acid groups (broad SMARTS) is 1.